The molecule has 0 saturated carbocycles. The maximum absolute atomic E-state index is 11.9. The minimum absolute atomic E-state index is 0.0312. The lowest BCUT2D eigenvalue weighted by Crippen LogP contribution is -2.35. The van der Waals surface area contributed by atoms with Gasteiger partial charge in [-0.3, -0.25) is 4.79 Å². The summed E-state index contributed by atoms with van der Waals surface area (Å²) in [5, 5.41) is 11.9. The molecule has 1 aromatic carbocycles. The second kappa shape index (κ2) is 6.98. The van der Waals surface area contributed by atoms with Gasteiger partial charge in [0.15, 0.2) is 6.04 Å². The number of rotatable bonds is 5. The lowest BCUT2D eigenvalue weighted by Gasteiger charge is -2.19. The highest BCUT2D eigenvalue weighted by Crippen LogP contribution is 2.23. The number of carbonyl (C=O) groups excluding carboxylic acids is 1. The van der Waals surface area contributed by atoms with Crippen LogP contribution in [-0.4, -0.2) is 27.5 Å². The first-order chi connectivity index (χ1) is 9.60. The molecule has 0 fully saturated rings. The maximum atomic E-state index is 11.9. The van der Waals surface area contributed by atoms with Crippen LogP contribution in [0.25, 0.3) is 0 Å². The first-order valence-electron chi connectivity index (χ1n) is 6.83. The minimum atomic E-state index is -1.05. The predicted molar refractivity (Wildman–Crippen MR) is 86.6 cm³/mol. The van der Waals surface area contributed by atoms with Crippen molar-refractivity contribution in [1.29, 1.82) is 0 Å². The number of aliphatic carboxylic acids is 1. The number of amides is 1. The summed E-state index contributed by atoms with van der Waals surface area (Å²) in [6.45, 7) is 9.94. The molecule has 0 aromatic heterocycles. The van der Waals surface area contributed by atoms with Gasteiger partial charge in [-0.05, 0) is 30.5 Å². The summed E-state index contributed by atoms with van der Waals surface area (Å²) in [7, 11) is 0. The van der Waals surface area contributed by atoms with Gasteiger partial charge in [0, 0.05) is 4.75 Å². The molecule has 0 saturated heterocycles. The van der Waals surface area contributed by atoms with E-state index in [1.54, 1.807) is 6.07 Å². The average Bonchev–Trinajstić information content (AvgIpc) is 2.36. The monoisotopic (exact) mass is 309 g/mol. The second-order valence-electron chi connectivity index (χ2n) is 6.08. The third kappa shape index (κ3) is 5.79. The molecule has 2 N–H and O–H groups in total. The Morgan fingerprint density at radius 3 is 2.33 bits per heavy atom. The number of carboxylic acid groups (broad SMARTS) is 1. The van der Waals surface area contributed by atoms with Crippen LogP contribution in [0.2, 0.25) is 0 Å². The quantitative estimate of drug-likeness (QED) is 0.877. The van der Waals surface area contributed by atoms with E-state index in [9.17, 15) is 14.7 Å². The van der Waals surface area contributed by atoms with Gasteiger partial charge in [0.2, 0.25) is 5.91 Å². The number of benzene rings is 1. The van der Waals surface area contributed by atoms with Crippen LogP contribution in [0, 0.1) is 13.8 Å². The van der Waals surface area contributed by atoms with Crippen molar-refractivity contribution in [1.82, 2.24) is 5.32 Å². The third-order valence-corrected chi connectivity index (χ3v) is 4.33. The second-order valence-corrected chi connectivity index (χ2v) is 7.89. The van der Waals surface area contributed by atoms with Crippen molar-refractivity contribution >= 4 is 23.6 Å². The Hall–Kier alpha value is -1.49. The molecule has 116 valence electrons. The third-order valence-electron chi connectivity index (χ3n) is 3.05. The highest BCUT2D eigenvalue weighted by molar-refractivity contribution is 8.01. The lowest BCUT2D eigenvalue weighted by molar-refractivity contribution is -0.141. The SMILES string of the molecule is Cc1ccc(C(NC(=O)CSC(C)(C)C)C(=O)O)cc1C. The van der Waals surface area contributed by atoms with Crippen molar-refractivity contribution in [3.63, 3.8) is 0 Å². The van der Waals surface area contributed by atoms with Gasteiger partial charge in [0.25, 0.3) is 0 Å². The molecule has 1 aromatic rings. The Morgan fingerprint density at radius 2 is 1.86 bits per heavy atom. The fourth-order valence-electron chi connectivity index (χ4n) is 1.72. The zero-order valence-corrected chi connectivity index (χ0v) is 14.0. The molecule has 0 aliphatic carbocycles. The number of nitrogens with one attached hydrogen (secondary N) is 1. The van der Waals surface area contributed by atoms with Crippen molar-refractivity contribution in [3.8, 4) is 0 Å². The van der Waals surface area contributed by atoms with E-state index in [4.69, 9.17) is 0 Å². The maximum Gasteiger partial charge on any atom is 0.330 e. The van der Waals surface area contributed by atoms with Gasteiger partial charge >= 0.3 is 5.97 Å². The van der Waals surface area contributed by atoms with Gasteiger partial charge in [-0.1, -0.05) is 39.0 Å². The molecular weight excluding hydrogens is 286 g/mol. The van der Waals surface area contributed by atoms with Crippen LogP contribution in [0.4, 0.5) is 0 Å². The smallest absolute Gasteiger partial charge is 0.330 e. The van der Waals surface area contributed by atoms with Gasteiger partial charge < -0.3 is 10.4 Å². The zero-order valence-electron chi connectivity index (χ0n) is 13.2. The first kappa shape index (κ1) is 17.6. The normalized spacial score (nSPS) is 12.8. The van der Waals surface area contributed by atoms with Crippen LogP contribution in [-0.2, 0) is 9.59 Å². The van der Waals surface area contributed by atoms with E-state index >= 15 is 0 Å². The molecule has 1 unspecified atom stereocenters. The first-order valence-corrected chi connectivity index (χ1v) is 7.82. The summed E-state index contributed by atoms with van der Waals surface area (Å²) in [6, 6.07) is 4.43. The molecular formula is C16H23NO3S. The Morgan fingerprint density at radius 1 is 1.24 bits per heavy atom. The van der Waals surface area contributed by atoms with Crippen molar-refractivity contribution in [2.75, 3.05) is 5.75 Å². The standard InChI is InChI=1S/C16H23NO3S/c1-10-6-7-12(8-11(10)2)14(15(19)20)17-13(18)9-21-16(3,4)5/h6-8,14H,9H2,1-5H3,(H,17,18)(H,19,20). The summed E-state index contributed by atoms with van der Waals surface area (Å²) in [5.74, 6) is -1.06. The zero-order chi connectivity index (χ0) is 16.2. The fourth-order valence-corrected chi connectivity index (χ4v) is 2.36. The van der Waals surface area contributed by atoms with Crippen LogP contribution in [0.3, 0.4) is 0 Å². The van der Waals surface area contributed by atoms with E-state index in [1.165, 1.54) is 11.8 Å². The lowest BCUT2D eigenvalue weighted by atomic mass is 10.0. The predicted octanol–water partition coefficient (Wildman–Crippen LogP) is 3.08. The Labute approximate surface area is 130 Å². The number of hydrogen-bond donors (Lipinski definition) is 2. The molecule has 1 rings (SSSR count). The Kier molecular flexibility index (Phi) is 5.84. The van der Waals surface area contributed by atoms with Crippen LogP contribution >= 0.6 is 11.8 Å². The summed E-state index contributed by atoms with van der Waals surface area (Å²) >= 11 is 1.49. The van der Waals surface area contributed by atoms with Crippen LogP contribution in [0.15, 0.2) is 18.2 Å². The van der Waals surface area contributed by atoms with E-state index in [-0.39, 0.29) is 16.4 Å². The van der Waals surface area contributed by atoms with Crippen molar-refractivity contribution in [2.45, 2.75) is 45.4 Å². The van der Waals surface area contributed by atoms with E-state index in [2.05, 4.69) is 5.32 Å². The summed E-state index contributed by atoms with van der Waals surface area (Å²) in [5.41, 5.74) is 2.70. The number of thioether (sulfide) groups is 1. The van der Waals surface area contributed by atoms with Crippen LogP contribution < -0.4 is 5.32 Å². The van der Waals surface area contributed by atoms with Crippen LogP contribution in [0.1, 0.15) is 43.5 Å². The topological polar surface area (TPSA) is 66.4 Å². The van der Waals surface area contributed by atoms with E-state index in [0.29, 0.717) is 5.56 Å². The van der Waals surface area contributed by atoms with E-state index < -0.39 is 12.0 Å². The van der Waals surface area contributed by atoms with Gasteiger partial charge in [-0.2, -0.15) is 0 Å². The molecule has 0 aliphatic heterocycles. The molecule has 0 bridgehead atoms. The summed E-state index contributed by atoms with van der Waals surface area (Å²) in [4.78, 5) is 23.3. The average molecular weight is 309 g/mol. The number of hydrogen-bond acceptors (Lipinski definition) is 3. The molecule has 1 atom stereocenters. The Bertz CT molecular complexity index is 535. The summed E-state index contributed by atoms with van der Waals surface area (Å²) < 4.78 is -0.0312. The van der Waals surface area contributed by atoms with Crippen molar-refractivity contribution in [3.05, 3.63) is 34.9 Å². The molecule has 21 heavy (non-hydrogen) atoms. The van der Waals surface area contributed by atoms with Gasteiger partial charge in [0.05, 0.1) is 5.75 Å². The number of aryl methyl sites for hydroxylation is 2. The van der Waals surface area contributed by atoms with Gasteiger partial charge in [0.1, 0.15) is 0 Å². The Balaban J connectivity index is 2.81. The number of carboxylic acids is 1. The summed E-state index contributed by atoms with van der Waals surface area (Å²) in [6.07, 6.45) is 0. The van der Waals surface area contributed by atoms with Gasteiger partial charge in [-0.15, -0.1) is 11.8 Å². The molecule has 4 nitrogen and oxygen atoms in total. The van der Waals surface area contributed by atoms with Gasteiger partial charge in [-0.25, -0.2) is 4.79 Å². The molecule has 1 amide bonds. The molecule has 0 heterocycles. The van der Waals surface area contributed by atoms with Crippen LogP contribution in [0.5, 0.6) is 0 Å². The molecule has 0 aliphatic rings. The number of carbonyl (C=O) groups is 2. The minimum Gasteiger partial charge on any atom is -0.479 e. The van der Waals surface area contributed by atoms with E-state index in [0.717, 1.165) is 11.1 Å². The molecule has 5 heteroatoms. The fraction of sp³-hybridized carbons (Fsp3) is 0.500. The highest BCUT2D eigenvalue weighted by Gasteiger charge is 2.23. The molecule has 0 spiro atoms. The van der Waals surface area contributed by atoms with Crippen molar-refractivity contribution in [2.24, 2.45) is 0 Å². The van der Waals surface area contributed by atoms with E-state index in [1.807, 2.05) is 46.8 Å². The highest BCUT2D eigenvalue weighted by atomic mass is 32.2. The van der Waals surface area contributed by atoms with Crippen molar-refractivity contribution < 1.29 is 14.7 Å². The molecule has 0 radical (unpaired) electrons. The largest absolute Gasteiger partial charge is 0.479 e.